The van der Waals surface area contributed by atoms with E-state index in [1.165, 1.54) is 25.3 Å². The van der Waals surface area contributed by atoms with Crippen molar-refractivity contribution >= 4 is 23.2 Å². The zero-order chi connectivity index (χ0) is 22.9. The molecule has 0 unspecified atom stereocenters. The Morgan fingerprint density at radius 3 is 2.41 bits per heavy atom. The molecule has 9 heteroatoms. The number of nitrogens with one attached hydrogen (secondary N) is 2. The van der Waals surface area contributed by atoms with Crippen molar-refractivity contribution in [2.45, 2.75) is 6.54 Å². The number of methoxy groups -OCH3 is 1. The number of para-hydroxylation sites is 1. The second-order valence-electron chi connectivity index (χ2n) is 6.64. The maximum absolute atomic E-state index is 12.6. The smallest absolute Gasteiger partial charge is 0.273 e. The van der Waals surface area contributed by atoms with Crippen molar-refractivity contribution in [3.05, 3.63) is 94.0 Å². The fourth-order valence-electron chi connectivity index (χ4n) is 2.88. The standard InChI is InChI=1S/C23H21N3O6/c1-31-21-13-17(26(29)30)11-12-19(21)25-22(27)15-32-20-10-6-5-9-18(20)23(28)24-14-16-7-3-2-4-8-16/h2-13H,14-15H2,1H3,(H,24,28)(H,25,27). The number of hydrogen-bond acceptors (Lipinski definition) is 6. The molecule has 3 aromatic carbocycles. The molecule has 0 radical (unpaired) electrons. The van der Waals surface area contributed by atoms with E-state index in [4.69, 9.17) is 9.47 Å². The molecule has 0 aliphatic rings. The van der Waals surface area contributed by atoms with Crippen LogP contribution in [0, 0.1) is 10.1 Å². The van der Waals surface area contributed by atoms with Gasteiger partial charge in [0.15, 0.2) is 6.61 Å². The van der Waals surface area contributed by atoms with Crippen molar-refractivity contribution in [1.29, 1.82) is 0 Å². The van der Waals surface area contributed by atoms with Crippen molar-refractivity contribution in [2.24, 2.45) is 0 Å². The molecule has 0 atom stereocenters. The summed E-state index contributed by atoms with van der Waals surface area (Å²) in [5, 5.41) is 16.3. The third kappa shape index (κ3) is 5.82. The Balaban J connectivity index is 1.62. The average molecular weight is 435 g/mol. The molecular weight excluding hydrogens is 414 g/mol. The van der Waals surface area contributed by atoms with Crippen LogP contribution in [-0.2, 0) is 11.3 Å². The number of nitro benzene ring substituents is 1. The number of benzene rings is 3. The molecule has 0 heterocycles. The molecule has 0 spiro atoms. The van der Waals surface area contributed by atoms with Crippen molar-refractivity contribution in [1.82, 2.24) is 5.32 Å². The van der Waals surface area contributed by atoms with Gasteiger partial charge in [0.25, 0.3) is 17.5 Å². The average Bonchev–Trinajstić information content (AvgIpc) is 2.82. The normalized spacial score (nSPS) is 10.2. The van der Waals surface area contributed by atoms with Gasteiger partial charge in [-0.1, -0.05) is 42.5 Å². The van der Waals surface area contributed by atoms with E-state index in [0.717, 1.165) is 5.56 Å². The predicted molar refractivity (Wildman–Crippen MR) is 118 cm³/mol. The van der Waals surface area contributed by atoms with Gasteiger partial charge in [-0.15, -0.1) is 0 Å². The second kappa shape index (κ2) is 10.6. The minimum Gasteiger partial charge on any atom is -0.494 e. The Labute approximate surface area is 184 Å². The number of hydrogen-bond donors (Lipinski definition) is 2. The third-order valence-electron chi connectivity index (χ3n) is 4.46. The van der Waals surface area contributed by atoms with E-state index >= 15 is 0 Å². The highest BCUT2D eigenvalue weighted by Crippen LogP contribution is 2.29. The summed E-state index contributed by atoms with van der Waals surface area (Å²) in [5.41, 5.74) is 1.35. The van der Waals surface area contributed by atoms with Crippen LogP contribution in [0.15, 0.2) is 72.8 Å². The molecule has 0 aliphatic heterocycles. The Kier molecular flexibility index (Phi) is 7.37. The van der Waals surface area contributed by atoms with Gasteiger partial charge in [0, 0.05) is 12.6 Å². The molecule has 0 aromatic heterocycles. The number of non-ortho nitro benzene ring substituents is 1. The molecule has 0 fully saturated rings. The summed E-state index contributed by atoms with van der Waals surface area (Å²) in [6, 6.07) is 19.9. The minimum atomic E-state index is -0.559. The number of amides is 2. The van der Waals surface area contributed by atoms with E-state index in [9.17, 15) is 19.7 Å². The SMILES string of the molecule is COc1cc([N+](=O)[O-])ccc1NC(=O)COc1ccccc1C(=O)NCc1ccccc1. The lowest BCUT2D eigenvalue weighted by molar-refractivity contribution is -0.384. The molecule has 32 heavy (non-hydrogen) atoms. The summed E-state index contributed by atoms with van der Waals surface area (Å²) in [5.74, 6) is -0.448. The van der Waals surface area contributed by atoms with Gasteiger partial charge < -0.3 is 20.1 Å². The van der Waals surface area contributed by atoms with Crippen LogP contribution in [0.2, 0.25) is 0 Å². The zero-order valence-corrected chi connectivity index (χ0v) is 17.2. The van der Waals surface area contributed by atoms with Crippen molar-refractivity contribution in [3.8, 4) is 11.5 Å². The van der Waals surface area contributed by atoms with Gasteiger partial charge in [-0.3, -0.25) is 19.7 Å². The van der Waals surface area contributed by atoms with Gasteiger partial charge in [-0.05, 0) is 23.8 Å². The van der Waals surface area contributed by atoms with E-state index in [-0.39, 0.29) is 35.4 Å². The van der Waals surface area contributed by atoms with Crippen LogP contribution in [-0.4, -0.2) is 30.5 Å². The van der Waals surface area contributed by atoms with E-state index < -0.39 is 10.8 Å². The van der Waals surface area contributed by atoms with Crippen LogP contribution in [0.4, 0.5) is 11.4 Å². The lowest BCUT2D eigenvalue weighted by Crippen LogP contribution is -2.25. The van der Waals surface area contributed by atoms with Crippen molar-refractivity contribution < 1.29 is 24.0 Å². The summed E-state index contributed by atoms with van der Waals surface area (Å²) in [7, 11) is 1.34. The first-order valence-electron chi connectivity index (χ1n) is 9.64. The first-order chi connectivity index (χ1) is 15.5. The third-order valence-corrected chi connectivity index (χ3v) is 4.46. The molecule has 0 saturated heterocycles. The molecule has 0 bridgehead atoms. The maximum atomic E-state index is 12.6. The summed E-state index contributed by atoms with van der Waals surface area (Å²) in [4.78, 5) is 35.2. The van der Waals surface area contributed by atoms with E-state index in [2.05, 4.69) is 10.6 Å². The highest BCUT2D eigenvalue weighted by molar-refractivity contribution is 5.97. The lowest BCUT2D eigenvalue weighted by atomic mass is 10.1. The summed E-state index contributed by atoms with van der Waals surface area (Å²) < 4.78 is 10.7. The number of anilines is 1. The molecule has 3 aromatic rings. The van der Waals surface area contributed by atoms with Crippen LogP contribution in [0.5, 0.6) is 11.5 Å². The van der Waals surface area contributed by atoms with Crippen LogP contribution in [0.1, 0.15) is 15.9 Å². The monoisotopic (exact) mass is 435 g/mol. The summed E-state index contributed by atoms with van der Waals surface area (Å²) in [6.45, 7) is -0.0163. The lowest BCUT2D eigenvalue weighted by Gasteiger charge is -2.13. The Morgan fingerprint density at radius 2 is 1.69 bits per heavy atom. The molecule has 0 aliphatic carbocycles. The van der Waals surface area contributed by atoms with Gasteiger partial charge >= 0.3 is 0 Å². The van der Waals surface area contributed by atoms with Crippen LogP contribution < -0.4 is 20.1 Å². The molecule has 3 rings (SSSR count). The van der Waals surface area contributed by atoms with Crippen LogP contribution in [0.3, 0.4) is 0 Å². The highest BCUT2D eigenvalue weighted by atomic mass is 16.6. The number of rotatable bonds is 9. The van der Waals surface area contributed by atoms with Gasteiger partial charge in [0.1, 0.15) is 11.5 Å². The predicted octanol–water partition coefficient (Wildman–Crippen LogP) is 3.55. The molecule has 2 N–H and O–H groups in total. The molecule has 9 nitrogen and oxygen atoms in total. The molecular formula is C23H21N3O6. The quantitative estimate of drug-likeness (QED) is 0.392. The second-order valence-corrected chi connectivity index (χ2v) is 6.64. The summed E-state index contributed by atoms with van der Waals surface area (Å²) >= 11 is 0. The van der Waals surface area contributed by atoms with Crippen LogP contribution >= 0.6 is 0 Å². The highest BCUT2D eigenvalue weighted by Gasteiger charge is 2.16. The number of ether oxygens (including phenoxy) is 2. The summed E-state index contributed by atoms with van der Waals surface area (Å²) in [6.07, 6.45) is 0. The minimum absolute atomic E-state index is 0.147. The van der Waals surface area contributed by atoms with Crippen molar-refractivity contribution in [2.75, 3.05) is 19.0 Å². The van der Waals surface area contributed by atoms with Gasteiger partial charge in [-0.25, -0.2) is 0 Å². The maximum Gasteiger partial charge on any atom is 0.273 e. The Hall–Kier alpha value is -4.40. The first kappa shape index (κ1) is 22.3. The fraction of sp³-hybridized carbons (Fsp3) is 0.130. The number of carbonyl (C=O) groups excluding carboxylic acids is 2. The Morgan fingerprint density at radius 1 is 0.969 bits per heavy atom. The van der Waals surface area contributed by atoms with Gasteiger partial charge in [0.05, 0.1) is 29.4 Å². The number of carbonyl (C=O) groups is 2. The fourth-order valence-corrected chi connectivity index (χ4v) is 2.88. The van der Waals surface area contributed by atoms with Crippen molar-refractivity contribution in [3.63, 3.8) is 0 Å². The largest absolute Gasteiger partial charge is 0.494 e. The Bertz CT molecular complexity index is 1120. The molecule has 0 saturated carbocycles. The number of nitro groups is 1. The first-order valence-corrected chi connectivity index (χ1v) is 9.64. The van der Waals surface area contributed by atoms with Gasteiger partial charge in [-0.2, -0.15) is 0 Å². The molecule has 164 valence electrons. The van der Waals surface area contributed by atoms with E-state index in [1.54, 1.807) is 24.3 Å². The topological polar surface area (TPSA) is 120 Å². The van der Waals surface area contributed by atoms with E-state index in [1.807, 2.05) is 30.3 Å². The number of nitrogens with zero attached hydrogens (tertiary/aromatic N) is 1. The van der Waals surface area contributed by atoms with E-state index in [0.29, 0.717) is 12.1 Å². The van der Waals surface area contributed by atoms with Crippen LogP contribution in [0.25, 0.3) is 0 Å². The zero-order valence-electron chi connectivity index (χ0n) is 17.2. The van der Waals surface area contributed by atoms with Gasteiger partial charge in [0.2, 0.25) is 0 Å². The molecule has 2 amide bonds.